The van der Waals surface area contributed by atoms with E-state index in [1.54, 1.807) is 12.4 Å². The third-order valence-electron chi connectivity index (χ3n) is 3.62. The van der Waals surface area contributed by atoms with Gasteiger partial charge in [0.2, 0.25) is 5.00 Å². The van der Waals surface area contributed by atoms with E-state index in [1.807, 2.05) is 26.1 Å². The van der Waals surface area contributed by atoms with Crippen LogP contribution in [-0.2, 0) is 0 Å². The van der Waals surface area contributed by atoms with Crippen molar-refractivity contribution in [3.63, 3.8) is 0 Å². The molecule has 110 valence electrons. The predicted octanol–water partition coefficient (Wildman–Crippen LogP) is 4.07. The number of hydrogen-bond acceptors (Lipinski definition) is 5. The van der Waals surface area contributed by atoms with Crippen LogP contribution in [0.1, 0.15) is 12.5 Å². The third-order valence-corrected chi connectivity index (χ3v) is 4.70. The normalized spacial score (nSPS) is 10.6. The Balaban J connectivity index is 2.32. The van der Waals surface area contributed by atoms with Crippen LogP contribution in [0.4, 0.5) is 10.8 Å². The second-order valence-corrected chi connectivity index (χ2v) is 5.92. The van der Waals surface area contributed by atoms with Crippen LogP contribution in [0.3, 0.4) is 0 Å². The van der Waals surface area contributed by atoms with Gasteiger partial charge in [-0.2, -0.15) is 0 Å². The van der Waals surface area contributed by atoms with Crippen molar-refractivity contribution in [2.75, 3.05) is 18.5 Å². The van der Waals surface area contributed by atoms with E-state index in [-0.39, 0.29) is 0 Å². The molecule has 0 atom stereocenters. The van der Waals surface area contributed by atoms with Crippen LogP contribution < -0.4 is 4.90 Å². The smallest absolute Gasteiger partial charge is 0.246 e. The van der Waals surface area contributed by atoms with Crippen LogP contribution >= 0.6 is 11.3 Å². The first-order chi connectivity index (χ1) is 10.7. The molecule has 0 fully saturated rings. The van der Waals surface area contributed by atoms with E-state index < -0.39 is 0 Å². The van der Waals surface area contributed by atoms with Crippen LogP contribution in [0.25, 0.3) is 26.4 Å². The predicted molar refractivity (Wildman–Crippen MR) is 90.6 cm³/mol. The van der Waals surface area contributed by atoms with Gasteiger partial charge >= 0.3 is 0 Å². The largest absolute Gasteiger partial charge is 0.359 e. The molecule has 0 saturated carbocycles. The van der Waals surface area contributed by atoms with Crippen LogP contribution in [0, 0.1) is 13.5 Å². The molecule has 0 aliphatic heterocycles. The SMILES string of the molecule is [C-]#[N+]c1sc2nc(-c3ccncc3)nc(N(C)CC)c2c1C. The van der Waals surface area contributed by atoms with Crippen LogP contribution in [0.2, 0.25) is 0 Å². The van der Waals surface area contributed by atoms with Crippen molar-refractivity contribution in [1.82, 2.24) is 15.0 Å². The maximum absolute atomic E-state index is 7.32. The molecule has 0 spiro atoms. The number of pyridine rings is 1. The monoisotopic (exact) mass is 309 g/mol. The minimum Gasteiger partial charge on any atom is -0.359 e. The Bertz CT molecular complexity index is 864. The van der Waals surface area contributed by atoms with Gasteiger partial charge in [-0.05, 0) is 31.5 Å². The number of aromatic nitrogens is 3. The molecule has 0 bridgehead atoms. The Kier molecular flexibility index (Phi) is 3.73. The Labute approximate surface area is 133 Å². The van der Waals surface area contributed by atoms with Crippen LogP contribution in [0.5, 0.6) is 0 Å². The fraction of sp³-hybridized carbons (Fsp3) is 0.250. The number of rotatable bonds is 3. The third kappa shape index (κ3) is 2.30. The average Bonchev–Trinajstić information content (AvgIpc) is 2.90. The van der Waals surface area contributed by atoms with Crippen molar-refractivity contribution in [2.24, 2.45) is 0 Å². The number of hydrogen-bond donors (Lipinski definition) is 0. The highest BCUT2D eigenvalue weighted by Gasteiger charge is 2.18. The van der Waals surface area contributed by atoms with E-state index in [0.717, 1.165) is 33.7 Å². The molecular formula is C16H15N5S. The highest BCUT2D eigenvalue weighted by Crippen LogP contribution is 2.41. The molecular weight excluding hydrogens is 294 g/mol. The maximum Gasteiger partial charge on any atom is 0.246 e. The number of nitrogens with zero attached hydrogens (tertiary/aromatic N) is 5. The summed E-state index contributed by atoms with van der Waals surface area (Å²) < 4.78 is 0. The van der Waals surface area contributed by atoms with Crippen molar-refractivity contribution < 1.29 is 0 Å². The Morgan fingerprint density at radius 3 is 2.64 bits per heavy atom. The van der Waals surface area contributed by atoms with Crippen molar-refractivity contribution in [1.29, 1.82) is 0 Å². The summed E-state index contributed by atoms with van der Waals surface area (Å²) in [5.74, 6) is 1.55. The van der Waals surface area contributed by atoms with Gasteiger partial charge < -0.3 is 4.90 Å². The summed E-state index contributed by atoms with van der Waals surface area (Å²) >= 11 is 1.43. The van der Waals surface area contributed by atoms with E-state index in [9.17, 15) is 0 Å². The first-order valence-electron chi connectivity index (χ1n) is 6.95. The van der Waals surface area contributed by atoms with Crippen LogP contribution in [-0.4, -0.2) is 28.5 Å². The van der Waals surface area contributed by atoms with E-state index in [1.165, 1.54) is 11.3 Å². The summed E-state index contributed by atoms with van der Waals surface area (Å²) in [6.07, 6.45) is 3.46. The summed E-state index contributed by atoms with van der Waals surface area (Å²) in [6, 6.07) is 3.79. The summed E-state index contributed by atoms with van der Waals surface area (Å²) in [5, 5.41) is 1.67. The highest BCUT2D eigenvalue weighted by molar-refractivity contribution is 7.22. The lowest BCUT2D eigenvalue weighted by Crippen LogP contribution is -2.18. The molecule has 3 heterocycles. The first-order valence-corrected chi connectivity index (χ1v) is 7.77. The molecule has 6 heteroatoms. The van der Waals surface area contributed by atoms with Crippen molar-refractivity contribution in [3.05, 3.63) is 41.5 Å². The molecule has 0 aliphatic rings. The zero-order valence-corrected chi connectivity index (χ0v) is 13.5. The summed E-state index contributed by atoms with van der Waals surface area (Å²) in [7, 11) is 2.01. The van der Waals surface area contributed by atoms with E-state index in [2.05, 4.69) is 26.6 Å². The Morgan fingerprint density at radius 1 is 1.27 bits per heavy atom. The van der Waals surface area contributed by atoms with Gasteiger partial charge in [-0.1, -0.05) is 0 Å². The first kappa shape index (κ1) is 14.4. The minimum atomic E-state index is 0.669. The summed E-state index contributed by atoms with van der Waals surface area (Å²) in [6.45, 7) is 12.2. The number of anilines is 1. The molecule has 0 radical (unpaired) electrons. The Morgan fingerprint density at radius 2 is 2.00 bits per heavy atom. The fourth-order valence-electron chi connectivity index (χ4n) is 2.27. The lowest BCUT2D eigenvalue weighted by atomic mass is 10.2. The topological polar surface area (TPSA) is 46.3 Å². The molecule has 5 nitrogen and oxygen atoms in total. The van der Waals surface area contributed by atoms with Gasteiger partial charge in [-0.15, -0.1) is 11.3 Å². The zero-order chi connectivity index (χ0) is 15.7. The fourth-order valence-corrected chi connectivity index (χ4v) is 3.23. The molecule has 3 aromatic rings. The van der Waals surface area contributed by atoms with Gasteiger partial charge in [0.15, 0.2) is 5.82 Å². The molecule has 0 amide bonds. The zero-order valence-electron chi connectivity index (χ0n) is 12.7. The van der Waals surface area contributed by atoms with Crippen molar-refractivity contribution in [2.45, 2.75) is 13.8 Å². The van der Waals surface area contributed by atoms with Crippen molar-refractivity contribution >= 4 is 32.4 Å². The van der Waals surface area contributed by atoms with Gasteiger partial charge in [0.05, 0.1) is 6.57 Å². The number of thiophene rings is 1. The highest BCUT2D eigenvalue weighted by atomic mass is 32.1. The standard InChI is InChI=1S/C16H15N5S/c1-5-21(4)14-12-10(2)15(17-3)22-16(12)20-13(19-14)11-6-8-18-9-7-11/h6-9H,5H2,1-2,4H3. The van der Waals surface area contributed by atoms with Gasteiger partial charge in [-0.3, -0.25) is 4.98 Å². The van der Waals surface area contributed by atoms with Crippen LogP contribution in [0.15, 0.2) is 24.5 Å². The van der Waals surface area contributed by atoms with Gasteiger partial charge in [0.1, 0.15) is 10.6 Å². The summed E-state index contributed by atoms with van der Waals surface area (Å²) in [5.41, 5.74) is 1.89. The lowest BCUT2D eigenvalue weighted by Gasteiger charge is -2.18. The minimum absolute atomic E-state index is 0.669. The van der Waals surface area contributed by atoms with Gasteiger partial charge in [-0.25, -0.2) is 14.8 Å². The lowest BCUT2D eigenvalue weighted by molar-refractivity contribution is 0.942. The second kappa shape index (κ2) is 5.70. The molecule has 0 unspecified atom stereocenters. The molecule has 22 heavy (non-hydrogen) atoms. The molecule has 0 N–H and O–H groups in total. The number of aryl methyl sites for hydroxylation is 1. The number of fused-ring (bicyclic) bond motifs is 1. The molecule has 0 aromatic carbocycles. The molecule has 0 aliphatic carbocycles. The van der Waals surface area contributed by atoms with Gasteiger partial charge in [0, 0.05) is 36.9 Å². The van der Waals surface area contributed by atoms with Crippen molar-refractivity contribution in [3.8, 4) is 11.4 Å². The molecule has 0 saturated heterocycles. The van der Waals surface area contributed by atoms with E-state index in [4.69, 9.17) is 11.6 Å². The Hall–Kier alpha value is -2.52. The second-order valence-electron chi connectivity index (χ2n) is 4.95. The molecule has 3 rings (SSSR count). The quantitative estimate of drug-likeness (QED) is 0.684. The maximum atomic E-state index is 7.32. The molecule has 3 aromatic heterocycles. The van der Waals surface area contributed by atoms with E-state index >= 15 is 0 Å². The van der Waals surface area contributed by atoms with E-state index in [0.29, 0.717) is 10.8 Å². The summed E-state index contributed by atoms with van der Waals surface area (Å²) in [4.78, 5) is 20.0. The van der Waals surface area contributed by atoms with Gasteiger partial charge in [0.25, 0.3) is 0 Å². The average molecular weight is 309 g/mol.